The zero-order chi connectivity index (χ0) is 19.8. The maximum atomic E-state index is 13.0. The van der Waals surface area contributed by atoms with E-state index in [0.717, 1.165) is 18.2 Å². The Morgan fingerprint density at radius 1 is 1.07 bits per heavy atom. The average Bonchev–Trinajstić information content (AvgIpc) is 3.06. The second-order valence-corrected chi connectivity index (χ2v) is 6.11. The van der Waals surface area contributed by atoms with Gasteiger partial charge in [0.1, 0.15) is 0 Å². The summed E-state index contributed by atoms with van der Waals surface area (Å²) in [5.41, 5.74) is -0.121. The molecule has 0 spiro atoms. The van der Waals surface area contributed by atoms with Gasteiger partial charge in [0.05, 0.1) is 16.3 Å². The van der Waals surface area contributed by atoms with E-state index in [4.69, 9.17) is 23.2 Å². The Labute approximate surface area is 158 Å². The van der Waals surface area contributed by atoms with Gasteiger partial charge in [-0.25, -0.2) is 0 Å². The van der Waals surface area contributed by atoms with E-state index < -0.39 is 23.0 Å². The van der Waals surface area contributed by atoms with Crippen LogP contribution in [0.25, 0.3) is 11.4 Å². The lowest BCUT2D eigenvalue weighted by Gasteiger charge is -2.12. The summed E-state index contributed by atoms with van der Waals surface area (Å²) >= 11 is 10.7. The highest BCUT2D eigenvalue weighted by atomic mass is 35.5. The fourth-order valence-corrected chi connectivity index (χ4v) is 2.38. The molecule has 0 saturated heterocycles. The number of rotatable bonds is 4. The number of halogens is 7. The summed E-state index contributed by atoms with van der Waals surface area (Å²) in [4.78, 5) is 3.50. The van der Waals surface area contributed by atoms with E-state index in [9.17, 15) is 22.0 Å². The Morgan fingerprint density at radius 3 is 2.41 bits per heavy atom. The molecule has 0 aliphatic carbocycles. The number of hydrogen-bond acceptors (Lipinski definition) is 4. The molecule has 1 radical (unpaired) electrons. The summed E-state index contributed by atoms with van der Waals surface area (Å²) in [6.45, 7) is 0. The van der Waals surface area contributed by atoms with Gasteiger partial charge in [-0.1, -0.05) is 28.9 Å². The molecule has 0 unspecified atom stereocenters. The SMILES string of the molecule is FC(F)(F)c1ccc(Nc2[c]ccc(-c3noc(C(F)(F)Cl)n3)c2)c(Cl)c1. The first-order chi connectivity index (χ1) is 12.5. The Bertz CT molecular complexity index is 969. The van der Waals surface area contributed by atoms with Crippen molar-refractivity contribution >= 4 is 34.6 Å². The molecule has 1 N–H and O–H groups in total. The van der Waals surface area contributed by atoms with E-state index in [1.165, 1.54) is 18.2 Å². The summed E-state index contributed by atoms with van der Waals surface area (Å²) in [5, 5.41) is 2.23. The Morgan fingerprint density at radius 2 is 1.81 bits per heavy atom. The van der Waals surface area contributed by atoms with E-state index in [1.54, 1.807) is 0 Å². The molecule has 1 aromatic heterocycles. The molecule has 0 aliphatic rings. The van der Waals surface area contributed by atoms with E-state index in [-0.39, 0.29) is 27.8 Å². The Kier molecular flexibility index (Phi) is 5.00. The highest BCUT2D eigenvalue weighted by Gasteiger charge is 2.35. The van der Waals surface area contributed by atoms with Gasteiger partial charge < -0.3 is 9.84 Å². The van der Waals surface area contributed by atoms with Gasteiger partial charge in [0.15, 0.2) is 0 Å². The van der Waals surface area contributed by atoms with Crippen LogP contribution in [-0.4, -0.2) is 10.1 Å². The minimum Gasteiger partial charge on any atom is -0.354 e. The summed E-state index contributed by atoms with van der Waals surface area (Å²) in [5.74, 6) is -1.21. The van der Waals surface area contributed by atoms with Crippen LogP contribution < -0.4 is 5.32 Å². The van der Waals surface area contributed by atoms with Crippen molar-refractivity contribution in [1.29, 1.82) is 0 Å². The smallest absolute Gasteiger partial charge is 0.354 e. The van der Waals surface area contributed by atoms with Crippen LogP contribution in [0.3, 0.4) is 0 Å². The van der Waals surface area contributed by atoms with Crippen molar-refractivity contribution in [3.05, 3.63) is 58.9 Å². The normalized spacial score (nSPS) is 12.3. The van der Waals surface area contributed by atoms with Gasteiger partial charge in [0.2, 0.25) is 5.82 Å². The van der Waals surface area contributed by atoms with E-state index in [1.807, 2.05) is 0 Å². The second kappa shape index (κ2) is 6.97. The molecule has 0 atom stereocenters. The molecule has 0 saturated carbocycles. The molecule has 11 heteroatoms. The van der Waals surface area contributed by atoms with E-state index in [2.05, 4.69) is 26.0 Å². The summed E-state index contributed by atoms with van der Waals surface area (Å²) in [7, 11) is 0. The Balaban J connectivity index is 1.85. The summed E-state index contributed by atoms with van der Waals surface area (Å²) in [6.07, 6.45) is -4.52. The molecule has 0 fully saturated rings. The maximum absolute atomic E-state index is 13.0. The predicted molar refractivity (Wildman–Crippen MR) is 88.1 cm³/mol. The van der Waals surface area contributed by atoms with Crippen LogP contribution in [0.15, 0.2) is 40.9 Å². The van der Waals surface area contributed by atoms with Crippen molar-refractivity contribution in [1.82, 2.24) is 10.1 Å². The molecule has 27 heavy (non-hydrogen) atoms. The number of nitrogens with zero attached hydrogens (tertiary/aromatic N) is 2. The molecular formula is C16H7Cl2F5N3O. The van der Waals surface area contributed by atoms with Gasteiger partial charge in [0, 0.05) is 17.3 Å². The molecule has 0 amide bonds. The lowest BCUT2D eigenvalue weighted by molar-refractivity contribution is -0.137. The molecule has 1 heterocycles. The zero-order valence-electron chi connectivity index (χ0n) is 12.9. The summed E-state index contributed by atoms with van der Waals surface area (Å²) < 4.78 is 68.4. The highest BCUT2D eigenvalue weighted by molar-refractivity contribution is 6.33. The van der Waals surface area contributed by atoms with Gasteiger partial charge in [-0.15, -0.1) is 0 Å². The first kappa shape index (κ1) is 19.4. The molecule has 3 rings (SSSR count). The number of aromatic nitrogens is 2. The first-order valence-electron chi connectivity index (χ1n) is 7.11. The Hall–Kier alpha value is -2.39. The third-order valence-corrected chi connectivity index (χ3v) is 3.77. The van der Waals surface area contributed by atoms with Crippen molar-refractivity contribution in [2.24, 2.45) is 0 Å². The predicted octanol–water partition coefficient (Wildman–Crippen LogP) is 6.24. The van der Waals surface area contributed by atoms with Crippen molar-refractivity contribution in [3.8, 4) is 11.4 Å². The fourth-order valence-electron chi connectivity index (χ4n) is 2.07. The van der Waals surface area contributed by atoms with Crippen LogP contribution in [-0.2, 0) is 11.6 Å². The van der Waals surface area contributed by atoms with E-state index >= 15 is 0 Å². The molecule has 3 aromatic rings. The zero-order valence-corrected chi connectivity index (χ0v) is 14.4. The quantitative estimate of drug-likeness (QED) is 0.399. The first-order valence-corrected chi connectivity index (χ1v) is 7.86. The molecule has 0 aliphatic heterocycles. The molecule has 2 aromatic carbocycles. The van der Waals surface area contributed by atoms with Gasteiger partial charge in [-0.05, 0) is 35.9 Å². The molecule has 141 valence electrons. The third-order valence-electron chi connectivity index (χ3n) is 3.29. The third kappa shape index (κ3) is 4.48. The van der Waals surface area contributed by atoms with Crippen molar-refractivity contribution in [2.45, 2.75) is 11.6 Å². The lowest BCUT2D eigenvalue weighted by atomic mass is 10.1. The van der Waals surface area contributed by atoms with Gasteiger partial charge in [-0.3, -0.25) is 0 Å². The standard InChI is InChI=1S/C16H7Cl2F5N3O/c17-11-7-9(16(21,22)23)4-5-12(11)24-10-3-1-2-8(6-10)13-25-14(27-26-13)15(18,19)20/h1-2,4-7,24H. The average molecular weight is 423 g/mol. The topological polar surface area (TPSA) is 51.0 Å². The highest BCUT2D eigenvalue weighted by Crippen LogP contribution is 2.35. The van der Waals surface area contributed by atoms with Crippen LogP contribution in [0, 0.1) is 6.07 Å². The molecule has 4 nitrogen and oxygen atoms in total. The largest absolute Gasteiger partial charge is 0.416 e. The minimum absolute atomic E-state index is 0.152. The van der Waals surface area contributed by atoms with Crippen LogP contribution in [0.5, 0.6) is 0 Å². The van der Waals surface area contributed by atoms with Crippen LogP contribution in [0.1, 0.15) is 11.5 Å². The minimum atomic E-state index is -4.52. The number of benzene rings is 2. The van der Waals surface area contributed by atoms with Crippen molar-refractivity contribution < 1.29 is 26.5 Å². The van der Waals surface area contributed by atoms with Crippen molar-refractivity contribution in [3.63, 3.8) is 0 Å². The second-order valence-electron chi connectivity index (χ2n) is 5.23. The van der Waals surface area contributed by atoms with Crippen molar-refractivity contribution in [2.75, 3.05) is 5.32 Å². The number of nitrogens with one attached hydrogen (secondary N) is 1. The number of alkyl halides is 6. The van der Waals surface area contributed by atoms with Crippen LogP contribution >= 0.6 is 23.2 Å². The van der Waals surface area contributed by atoms with Gasteiger partial charge >= 0.3 is 17.4 Å². The molecular weight excluding hydrogens is 416 g/mol. The van der Waals surface area contributed by atoms with Gasteiger partial charge in [0.25, 0.3) is 0 Å². The molecule has 0 bridgehead atoms. The maximum Gasteiger partial charge on any atom is 0.416 e. The number of hydrogen-bond donors (Lipinski definition) is 1. The van der Waals surface area contributed by atoms with Crippen LogP contribution in [0.4, 0.5) is 33.3 Å². The number of anilines is 2. The summed E-state index contributed by atoms with van der Waals surface area (Å²) in [6, 6.07) is 9.92. The van der Waals surface area contributed by atoms with Crippen LogP contribution in [0.2, 0.25) is 5.02 Å². The lowest BCUT2D eigenvalue weighted by Crippen LogP contribution is -2.05. The van der Waals surface area contributed by atoms with E-state index in [0.29, 0.717) is 0 Å². The van der Waals surface area contributed by atoms with Gasteiger partial charge in [-0.2, -0.15) is 26.9 Å². The fraction of sp³-hybridized carbons (Fsp3) is 0.125. The monoisotopic (exact) mass is 422 g/mol.